The van der Waals surface area contributed by atoms with E-state index in [0.29, 0.717) is 11.6 Å². The van der Waals surface area contributed by atoms with Crippen LogP contribution in [-0.4, -0.2) is 81.7 Å². The van der Waals surface area contributed by atoms with Crippen LogP contribution in [0.15, 0.2) is 43.0 Å². The molecule has 2 aliphatic heterocycles. The van der Waals surface area contributed by atoms with Gasteiger partial charge in [-0.05, 0) is 37.6 Å². The highest BCUT2D eigenvalue weighted by Crippen LogP contribution is 2.32. The summed E-state index contributed by atoms with van der Waals surface area (Å²) >= 11 is 0. The summed E-state index contributed by atoms with van der Waals surface area (Å²) in [5.41, 5.74) is 10.1. The van der Waals surface area contributed by atoms with Crippen molar-refractivity contribution in [3.05, 3.63) is 48.8 Å². The van der Waals surface area contributed by atoms with E-state index in [0.717, 1.165) is 54.0 Å². The number of nitrogens with two attached hydrogens (primary N) is 1. The van der Waals surface area contributed by atoms with E-state index in [1.54, 1.807) is 18.5 Å². The van der Waals surface area contributed by atoms with E-state index in [9.17, 15) is 4.39 Å². The van der Waals surface area contributed by atoms with Crippen LogP contribution in [0, 0.1) is 5.82 Å². The lowest BCUT2D eigenvalue weighted by Crippen LogP contribution is -2.52. The summed E-state index contributed by atoms with van der Waals surface area (Å²) in [7, 11) is 2.20. The van der Waals surface area contributed by atoms with Crippen molar-refractivity contribution < 1.29 is 4.39 Å². The Bertz CT molecular complexity index is 1340. The van der Waals surface area contributed by atoms with E-state index in [1.807, 2.05) is 16.8 Å². The maximum Gasteiger partial charge on any atom is 0.162 e. The SMILES string of the molecule is CN1CCN(C2CCN(c3cnc4c(-c5ccnc6cc(F)c(N)cc56)cnn4c3)CC2)CC1. The number of hydrogen-bond acceptors (Lipinski definition) is 7. The van der Waals surface area contributed by atoms with Crippen LogP contribution in [0.25, 0.3) is 27.7 Å². The molecule has 3 aromatic heterocycles. The van der Waals surface area contributed by atoms with Gasteiger partial charge in [-0.25, -0.2) is 13.9 Å². The van der Waals surface area contributed by atoms with E-state index >= 15 is 0 Å². The molecule has 2 aliphatic rings. The first-order valence-electron chi connectivity index (χ1n) is 11.9. The third-order valence-electron chi connectivity index (χ3n) is 7.38. The number of fused-ring (bicyclic) bond motifs is 2. The predicted molar refractivity (Wildman–Crippen MR) is 132 cm³/mol. The Labute approximate surface area is 197 Å². The molecule has 0 amide bonds. The standard InChI is InChI=1S/C25H29FN8/c1-31-8-10-33(11-9-31)17-3-6-32(7-4-17)18-14-29-25-21(15-30-34(25)16-18)19-2-5-28-24-13-22(26)23(27)12-20(19)24/h2,5,12-17H,3-4,6-11,27H2,1H3. The number of nitrogen functional groups attached to an aromatic ring is 1. The van der Waals surface area contributed by atoms with Crippen molar-refractivity contribution in [3.8, 4) is 11.1 Å². The van der Waals surface area contributed by atoms with Gasteiger partial charge in [0.1, 0.15) is 5.82 Å². The summed E-state index contributed by atoms with van der Waals surface area (Å²) in [6.07, 6.45) is 9.82. The number of piperidine rings is 1. The Morgan fingerprint density at radius 3 is 2.56 bits per heavy atom. The third kappa shape index (κ3) is 3.74. The minimum absolute atomic E-state index is 0.105. The summed E-state index contributed by atoms with van der Waals surface area (Å²) in [4.78, 5) is 16.6. The second kappa shape index (κ2) is 8.48. The minimum Gasteiger partial charge on any atom is -0.396 e. The molecule has 8 nitrogen and oxygen atoms in total. The van der Waals surface area contributed by atoms with Crippen LogP contribution in [0.2, 0.25) is 0 Å². The number of piperazine rings is 1. The third-order valence-corrected chi connectivity index (χ3v) is 7.38. The Morgan fingerprint density at radius 1 is 0.971 bits per heavy atom. The van der Waals surface area contributed by atoms with Crippen LogP contribution in [-0.2, 0) is 0 Å². The molecule has 1 aromatic carbocycles. The van der Waals surface area contributed by atoms with E-state index in [1.165, 1.54) is 32.0 Å². The number of benzene rings is 1. The van der Waals surface area contributed by atoms with Crippen molar-refractivity contribution in [1.82, 2.24) is 29.4 Å². The zero-order valence-electron chi connectivity index (χ0n) is 19.4. The summed E-state index contributed by atoms with van der Waals surface area (Å²) in [6, 6.07) is 5.58. The number of rotatable bonds is 3. The van der Waals surface area contributed by atoms with Crippen molar-refractivity contribution in [1.29, 1.82) is 0 Å². The molecule has 0 radical (unpaired) electrons. The lowest BCUT2D eigenvalue weighted by molar-refractivity contribution is 0.0982. The summed E-state index contributed by atoms with van der Waals surface area (Å²) in [5, 5.41) is 5.37. The van der Waals surface area contributed by atoms with E-state index < -0.39 is 5.82 Å². The highest BCUT2D eigenvalue weighted by Gasteiger charge is 2.27. The first kappa shape index (κ1) is 21.2. The fourth-order valence-corrected chi connectivity index (χ4v) is 5.31. The van der Waals surface area contributed by atoms with Crippen LogP contribution < -0.4 is 10.6 Å². The monoisotopic (exact) mass is 460 g/mol. The molecule has 0 atom stereocenters. The number of anilines is 2. The van der Waals surface area contributed by atoms with Gasteiger partial charge in [-0.1, -0.05) is 0 Å². The van der Waals surface area contributed by atoms with Crippen LogP contribution >= 0.6 is 0 Å². The molecular formula is C25H29FN8. The summed E-state index contributed by atoms with van der Waals surface area (Å²) < 4.78 is 15.8. The quantitative estimate of drug-likeness (QED) is 0.471. The lowest BCUT2D eigenvalue weighted by atomic mass is 10.0. The summed E-state index contributed by atoms with van der Waals surface area (Å²) in [6.45, 7) is 6.73. The maximum absolute atomic E-state index is 13.9. The van der Waals surface area contributed by atoms with Gasteiger partial charge in [0.25, 0.3) is 0 Å². The molecule has 34 heavy (non-hydrogen) atoms. The number of nitrogens with zero attached hydrogens (tertiary/aromatic N) is 7. The molecule has 5 heterocycles. The maximum atomic E-state index is 13.9. The first-order chi connectivity index (χ1) is 16.6. The molecule has 2 N–H and O–H groups in total. The van der Waals surface area contributed by atoms with Gasteiger partial charge in [0.05, 0.1) is 35.5 Å². The normalized spacial score (nSPS) is 18.8. The van der Waals surface area contributed by atoms with Crippen LogP contribution in [0.4, 0.5) is 15.8 Å². The highest BCUT2D eigenvalue weighted by atomic mass is 19.1. The molecule has 2 fully saturated rings. The molecule has 9 heteroatoms. The van der Waals surface area contributed by atoms with E-state index in [4.69, 9.17) is 10.7 Å². The number of likely N-dealkylation sites (N-methyl/N-ethyl adjacent to an activating group) is 1. The molecule has 0 aliphatic carbocycles. The number of aromatic nitrogens is 4. The Balaban J connectivity index is 1.24. The molecule has 6 rings (SSSR count). The van der Waals surface area contributed by atoms with Gasteiger partial charge in [-0.3, -0.25) is 9.88 Å². The Hall–Kier alpha value is -3.30. The lowest BCUT2D eigenvalue weighted by Gasteiger charge is -2.42. The Kier molecular flexibility index (Phi) is 5.30. The largest absolute Gasteiger partial charge is 0.396 e. The fourth-order valence-electron chi connectivity index (χ4n) is 5.31. The molecule has 0 unspecified atom stereocenters. The van der Waals surface area contributed by atoms with Gasteiger partial charge in [0, 0.05) is 68.5 Å². The van der Waals surface area contributed by atoms with Crippen molar-refractivity contribution in [2.45, 2.75) is 18.9 Å². The Morgan fingerprint density at radius 2 is 1.76 bits per heavy atom. The second-order valence-corrected chi connectivity index (χ2v) is 9.45. The summed E-state index contributed by atoms with van der Waals surface area (Å²) in [5.74, 6) is -0.462. The van der Waals surface area contributed by atoms with Gasteiger partial charge in [0.2, 0.25) is 0 Å². The van der Waals surface area contributed by atoms with Crippen LogP contribution in [0.1, 0.15) is 12.8 Å². The molecule has 0 saturated carbocycles. The van der Waals surface area contributed by atoms with Gasteiger partial charge in [0.15, 0.2) is 5.65 Å². The molecular weight excluding hydrogens is 431 g/mol. The van der Waals surface area contributed by atoms with Crippen molar-refractivity contribution >= 4 is 27.9 Å². The zero-order valence-corrected chi connectivity index (χ0v) is 19.4. The molecule has 2 saturated heterocycles. The van der Waals surface area contributed by atoms with Crippen molar-refractivity contribution in [2.75, 3.05) is 56.9 Å². The van der Waals surface area contributed by atoms with Gasteiger partial charge in [-0.15, -0.1) is 0 Å². The van der Waals surface area contributed by atoms with Gasteiger partial charge >= 0.3 is 0 Å². The second-order valence-electron chi connectivity index (χ2n) is 9.45. The van der Waals surface area contributed by atoms with Crippen LogP contribution in [0.3, 0.4) is 0 Å². The number of pyridine rings is 1. The highest BCUT2D eigenvalue weighted by molar-refractivity contribution is 5.99. The topological polar surface area (TPSA) is 78.8 Å². The zero-order chi connectivity index (χ0) is 23.2. The average molecular weight is 461 g/mol. The number of hydrogen-bond donors (Lipinski definition) is 1. The fraction of sp³-hybridized carbons (Fsp3) is 0.400. The van der Waals surface area contributed by atoms with E-state index in [-0.39, 0.29) is 5.69 Å². The van der Waals surface area contributed by atoms with Gasteiger partial charge in [-0.2, -0.15) is 5.10 Å². The van der Waals surface area contributed by atoms with E-state index in [2.05, 4.69) is 38.0 Å². The van der Waals surface area contributed by atoms with Crippen molar-refractivity contribution in [3.63, 3.8) is 0 Å². The average Bonchev–Trinajstić information content (AvgIpc) is 3.28. The molecule has 0 bridgehead atoms. The molecule has 0 spiro atoms. The van der Waals surface area contributed by atoms with Crippen LogP contribution in [0.5, 0.6) is 0 Å². The minimum atomic E-state index is -0.462. The first-order valence-corrected chi connectivity index (χ1v) is 11.9. The number of halogens is 1. The van der Waals surface area contributed by atoms with Crippen molar-refractivity contribution in [2.24, 2.45) is 0 Å². The molecule has 176 valence electrons. The molecule has 4 aromatic rings. The smallest absolute Gasteiger partial charge is 0.162 e. The predicted octanol–water partition coefficient (Wildman–Crippen LogP) is 2.88. The van der Waals surface area contributed by atoms with Gasteiger partial charge < -0.3 is 15.5 Å².